The van der Waals surface area contributed by atoms with Gasteiger partial charge < -0.3 is 18.3 Å². The quantitative estimate of drug-likeness (QED) is 0.517. The maximum absolute atomic E-state index is 11.6. The van der Waals surface area contributed by atoms with Crippen LogP contribution in [0.2, 0.25) is 0 Å². The third-order valence-electron chi connectivity index (χ3n) is 3.91. The Kier molecular flexibility index (Phi) is 4.61. The number of hydrogen-bond acceptors (Lipinski definition) is 6. The molecule has 0 N–H and O–H groups in total. The van der Waals surface area contributed by atoms with E-state index in [9.17, 15) is 9.59 Å². The minimum atomic E-state index is -0.543. The van der Waals surface area contributed by atoms with Crippen molar-refractivity contribution in [1.82, 2.24) is 0 Å². The lowest BCUT2D eigenvalue weighted by molar-refractivity contribution is 0.0558. The Morgan fingerprint density at radius 3 is 2.68 bits per heavy atom. The summed E-state index contributed by atoms with van der Waals surface area (Å²) < 4.78 is 21.2. The average molecular weight is 342 g/mol. The van der Waals surface area contributed by atoms with Crippen LogP contribution >= 0.6 is 0 Å². The van der Waals surface area contributed by atoms with Crippen LogP contribution in [0.3, 0.4) is 0 Å². The molecule has 130 valence electrons. The van der Waals surface area contributed by atoms with Crippen LogP contribution in [-0.4, -0.2) is 13.1 Å². The normalized spacial score (nSPS) is 12.1. The molecule has 2 heterocycles. The van der Waals surface area contributed by atoms with Crippen molar-refractivity contribution in [1.29, 1.82) is 0 Å². The lowest BCUT2D eigenvalue weighted by atomic mass is 10.1. The molecule has 0 spiro atoms. The SMILES string of the molecule is CCc1cc(=O)oc2cc(OC(C)c3ccc(C(=O)OC)o3)ccc12. The fourth-order valence-electron chi connectivity index (χ4n) is 2.62. The number of esters is 1. The predicted molar refractivity (Wildman–Crippen MR) is 91.0 cm³/mol. The second-order valence-electron chi connectivity index (χ2n) is 5.56. The third kappa shape index (κ3) is 3.42. The number of fused-ring (bicyclic) bond motifs is 1. The molecule has 0 aliphatic heterocycles. The van der Waals surface area contributed by atoms with Crippen molar-refractivity contribution >= 4 is 16.9 Å². The summed E-state index contributed by atoms with van der Waals surface area (Å²) in [6.45, 7) is 3.78. The third-order valence-corrected chi connectivity index (χ3v) is 3.91. The van der Waals surface area contributed by atoms with E-state index >= 15 is 0 Å². The summed E-state index contributed by atoms with van der Waals surface area (Å²) in [7, 11) is 1.29. The molecule has 3 rings (SSSR count). The standard InChI is InChI=1S/C19H18O6/c1-4-12-9-18(20)25-17-10-13(5-6-14(12)17)23-11(2)15-7-8-16(24-15)19(21)22-3/h5-11H,4H2,1-3H3. The first kappa shape index (κ1) is 16.8. The molecule has 2 aromatic heterocycles. The van der Waals surface area contributed by atoms with Gasteiger partial charge in [0.05, 0.1) is 7.11 Å². The Labute approximate surface area is 144 Å². The number of carbonyl (C=O) groups excluding carboxylic acids is 1. The van der Waals surface area contributed by atoms with Crippen LogP contribution in [0.25, 0.3) is 11.0 Å². The number of methoxy groups -OCH3 is 1. The molecule has 1 aromatic carbocycles. The minimum absolute atomic E-state index is 0.116. The van der Waals surface area contributed by atoms with Crippen LogP contribution in [0.15, 0.2) is 50.0 Å². The summed E-state index contributed by atoms with van der Waals surface area (Å²) in [5.74, 6) is 0.597. The molecule has 0 fully saturated rings. The van der Waals surface area contributed by atoms with Gasteiger partial charge in [-0.3, -0.25) is 0 Å². The number of furan rings is 1. The molecule has 0 aliphatic rings. The van der Waals surface area contributed by atoms with E-state index in [1.165, 1.54) is 19.2 Å². The Hall–Kier alpha value is -3.02. The Bertz CT molecular complexity index is 965. The van der Waals surface area contributed by atoms with E-state index in [1.54, 1.807) is 19.1 Å². The summed E-state index contributed by atoms with van der Waals surface area (Å²) in [6.07, 6.45) is 0.304. The zero-order valence-electron chi connectivity index (χ0n) is 14.2. The van der Waals surface area contributed by atoms with Crippen molar-refractivity contribution in [2.75, 3.05) is 7.11 Å². The molecule has 0 amide bonds. The smallest absolute Gasteiger partial charge is 0.373 e. The largest absolute Gasteiger partial charge is 0.483 e. The van der Waals surface area contributed by atoms with Gasteiger partial charge in [-0.1, -0.05) is 6.92 Å². The molecule has 6 heteroatoms. The molecule has 25 heavy (non-hydrogen) atoms. The van der Waals surface area contributed by atoms with Crippen LogP contribution in [-0.2, 0) is 11.2 Å². The number of rotatable bonds is 5. The van der Waals surface area contributed by atoms with E-state index in [4.69, 9.17) is 13.6 Å². The Morgan fingerprint density at radius 1 is 1.16 bits per heavy atom. The van der Waals surface area contributed by atoms with Gasteiger partial charge in [0.2, 0.25) is 5.76 Å². The highest BCUT2D eigenvalue weighted by Crippen LogP contribution is 2.27. The van der Waals surface area contributed by atoms with Crippen LogP contribution in [0.4, 0.5) is 0 Å². The van der Waals surface area contributed by atoms with Gasteiger partial charge in [-0.05, 0) is 43.2 Å². The molecule has 0 bridgehead atoms. The summed E-state index contributed by atoms with van der Waals surface area (Å²) >= 11 is 0. The van der Waals surface area contributed by atoms with Gasteiger partial charge >= 0.3 is 11.6 Å². The maximum atomic E-state index is 11.6. The highest BCUT2D eigenvalue weighted by molar-refractivity contribution is 5.86. The van der Waals surface area contributed by atoms with E-state index in [-0.39, 0.29) is 11.4 Å². The fraction of sp³-hybridized carbons (Fsp3) is 0.263. The summed E-state index contributed by atoms with van der Waals surface area (Å²) in [5, 5.41) is 0.882. The number of ether oxygens (including phenoxy) is 2. The van der Waals surface area contributed by atoms with Gasteiger partial charge in [-0.25, -0.2) is 9.59 Å². The van der Waals surface area contributed by atoms with Gasteiger partial charge in [0.15, 0.2) is 6.10 Å². The lowest BCUT2D eigenvalue weighted by Crippen LogP contribution is -2.04. The maximum Gasteiger partial charge on any atom is 0.373 e. The predicted octanol–water partition coefficient (Wildman–Crippen LogP) is 3.88. The van der Waals surface area contributed by atoms with Gasteiger partial charge in [0.25, 0.3) is 0 Å². The summed E-state index contributed by atoms with van der Waals surface area (Å²) in [6, 6.07) is 10.0. The first-order valence-electron chi connectivity index (χ1n) is 7.93. The second-order valence-corrected chi connectivity index (χ2v) is 5.56. The zero-order chi connectivity index (χ0) is 18.0. The first-order valence-corrected chi connectivity index (χ1v) is 7.93. The molecule has 0 saturated heterocycles. The van der Waals surface area contributed by atoms with Gasteiger partial charge in [-0.2, -0.15) is 0 Å². The van der Waals surface area contributed by atoms with Gasteiger partial charge in [-0.15, -0.1) is 0 Å². The minimum Gasteiger partial charge on any atom is -0.483 e. The molecule has 0 saturated carbocycles. The molecule has 3 aromatic rings. The second kappa shape index (κ2) is 6.84. The van der Waals surface area contributed by atoms with Crippen molar-refractivity contribution in [3.05, 3.63) is 63.9 Å². The topological polar surface area (TPSA) is 78.9 Å². The number of hydrogen-bond donors (Lipinski definition) is 0. The van der Waals surface area contributed by atoms with E-state index < -0.39 is 12.1 Å². The van der Waals surface area contributed by atoms with Crippen LogP contribution < -0.4 is 10.4 Å². The van der Waals surface area contributed by atoms with E-state index in [0.717, 1.165) is 17.4 Å². The van der Waals surface area contributed by atoms with Crippen molar-refractivity contribution in [3.8, 4) is 5.75 Å². The molecule has 1 atom stereocenters. The van der Waals surface area contributed by atoms with Crippen molar-refractivity contribution in [3.63, 3.8) is 0 Å². The molecule has 0 aliphatic carbocycles. The van der Waals surface area contributed by atoms with Crippen LogP contribution in [0, 0.1) is 0 Å². The summed E-state index contributed by atoms with van der Waals surface area (Å²) in [5.41, 5.74) is 1.02. The van der Waals surface area contributed by atoms with Gasteiger partial charge in [0, 0.05) is 17.5 Å². The van der Waals surface area contributed by atoms with Crippen LogP contribution in [0.5, 0.6) is 5.75 Å². The highest BCUT2D eigenvalue weighted by atomic mass is 16.5. The van der Waals surface area contributed by atoms with Crippen molar-refractivity contribution in [2.45, 2.75) is 26.4 Å². The Morgan fingerprint density at radius 2 is 1.96 bits per heavy atom. The van der Waals surface area contributed by atoms with E-state index in [0.29, 0.717) is 17.1 Å². The first-order chi connectivity index (χ1) is 12.0. The molecular formula is C19H18O6. The van der Waals surface area contributed by atoms with E-state index in [2.05, 4.69) is 4.74 Å². The van der Waals surface area contributed by atoms with Crippen molar-refractivity contribution < 1.29 is 23.1 Å². The van der Waals surface area contributed by atoms with Crippen LogP contribution in [0.1, 0.15) is 41.8 Å². The molecular weight excluding hydrogens is 324 g/mol. The molecule has 0 radical (unpaired) electrons. The monoisotopic (exact) mass is 342 g/mol. The van der Waals surface area contributed by atoms with E-state index in [1.807, 2.05) is 19.1 Å². The average Bonchev–Trinajstić information content (AvgIpc) is 3.10. The molecule has 1 unspecified atom stereocenters. The molecule has 6 nitrogen and oxygen atoms in total. The summed E-state index contributed by atoms with van der Waals surface area (Å²) in [4.78, 5) is 23.1. The number of aryl methyl sites for hydroxylation is 1. The van der Waals surface area contributed by atoms with Gasteiger partial charge in [0.1, 0.15) is 17.1 Å². The fourth-order valence-corrected chi connectivity index (χ4v) is 2.62. The number of carbonyl (C=O) groups is 1. The lowest BCUT2D eigenvalue weighted by Gasteiger charge is -2.13. The highest BCUT2D eigenvalue weighted by Gasteiger charge is 2.17. The van der Waals surface area contributed by atoms with Crippen molar-refractivity contribution in [2.24, 2.45) is 0 Å². The number of benzene rings is 1. The zero-order valence-corrected chi connectivity index (χ0v) is 14.2. The Balaban J connectivity index is 1.86.